The van der Waals surface area contributed by atoms with E-state index in [1.807, 2.05) is 6.92 Å². The molecular weight excluding hydrogens is 355 g/mol. The van der Waals surface area contributed by atoms with E-state index in [2.05, 4.69) is 39.8 Å². The first-order valence-corrected chi connectivity index (χ1v) is 9.63. The lowest BCUT2D eigenvalue weighted by Crippen LogP contribution is -2.34. The summed E-state index contributed by atoms with van der Waals surface area (Å²) in [6.07, 6.45) is 2.38. The number of carboxylic acid groups (broad SMARTS) is 1. The molecule has 0 aliphatic heterocycles. The number of hydrogen-bond donors (Lipinski definition) is 1. The Morgan fingerprint density at radius 3 is 2.11 bits per heavy atom. The zero-order valence-corrected chi connectivity index (χ0v) is 17.1. The maximum atomic E-state index is 14.0. The molecule has 1 N–H and O–H groups in total. The van der Waals surface area contributed by atoms with Gasteiger partial charge in [0.25, 0.3) is 0 Å². The minimum absolute atomic E-state index is 0.0472. The van der Waals surface area contributed by atoms with Gasteiger partial charge in [-0.3, -0.25) is 4.79 Å². The molecular formula is C24H27FO3. The second kappa shape index (κ2) is 6.84. The molecule has 0 unspecified atom stereocenters. The van der Waals surface area contributed by atoms with Gasteiger partial charge in [0.2, 0.25) is 0 Å². The number of aryl methyl sites for hydroxylation is 1. The molecule has 1 aliphatic carbocycles. The van der Waals surface area contributed by atoms with Crippen LogP contribution in [0.5, 0.6) is 0 Å². The van der Waals surface area contributed by atoms with Crippen LogP contribution in [0.25, 0.3) is 0 Å². The number of ketones is 1. The number of fused-ring (bicyclic) bond motifs is 1. The number of aromatic carboxylic acids is 1. The van der Waals surface area contributed by atoms with Crippen LogP contribution in [0.4, 0.5) is 4.39 Å². The number of rotatable bonds is 4. The van der Waals surface area contributed by atoms with E-state index in [4.69, 9.17) is 5.11 Å². The molecule has 2 aromatic carbocycles. The second-order valence-electron chi connectivity index (χ2n) is 9.19. The first kappa shape index (κ1) is 20.2. The van der Waals surface area contributed by atoms with Crippen LogP contribution in [0.15, 0.2) is 30.3 Å². The van der Waals surface area contributed by atoms with Gasteiger partial charge in [-0.25, -0.2) is 9.18 Å². The molecule has 2 aromatic rings. The van der Waals surface area contributed by atoms with E-state index >= 15 is 0 Å². The van der Waals surface area contributed by atoms with Gasteiger partial charge in [0.15, 0.2) is 5.78 Å². The molecule has 0 fully saturated rings. The first-order valence-electron chi connectivity index (χ1n) is 9.63. The summed E-state index contributed by atoms with van der Waals surface area (Å²) in [6, 6.07) is 7.90. The number of carbonyl (C=O) groups excluding carboxylic acids is 1. The van der Waals surface area contributed by atoms with E-state index in [0.717, 1.165) is 36.1 Å². The Morgan fingerprint density at radius 2 is 1.57 bits per heavy atom. The first-order chi connectivity index (χ1) is 12.9. The van der Waals surface area contributed by atoms with Crippen LogP contribution in [0, 0.1) is 12.7 Å². The fourth-order valence-electron chi connectivity index (χ4n) is 4.09. The Labute approximate surface area is 165 Å². The van der Waals surface area contributed by atoms with Gasteiger partial charge in [-0.1, -0.05) is 45.9 Å². The zero-order chi connectivity index (χ0) is 20.9. The standard InChI is InChI=1S/C24H27FO3/c1-14-10-18-19(24(4,5)9-8-23(18,2)3)11-16(14)13-21(26)15-6-7-17(22(27)28)20(25)12-15/h6-7,10-12H,8-9,13H2,1-5H3,(H,27,28). The highest BCUT2D eigenvalue weighted by atomic mass is 19.1. The molecule has 0 spiro atoms. The Balaban J connectivity index is 1.96. The van der Waals surface area contributed by atoms with Crippen molar-refractivity contribution in [1.82, 2.24) is 0 Å². The number of halogens is 1. The smallest absolute Gasteiger partial charge is 0.338 e. The molecule has 0 atom stereocenters. The van der Waals surface area contributed by atoms with Gasteiger partial charge in [0.05, 0.1) is 5.56 Å². The molecule has 4 heteroatoms. The van der Waals surface area contributed by atoms with Crippen molar-refractivity contribution in [2.45, 2.75) is 64.7 Å². The van der Waals surface area contributed by atoms with E-state index in [9.17, 15) is 14.0 Å². The molecule has 1 aliphatic rings. The average Bonchev–Trinajstić information content (AvgIpc) is 2.60. The van der Waals surface area contributed by atoms with Gasteiger partial charge in [0.1, 0.15) is 5.82 Å². The van der Waals surface area contributed by atoms with E-state index < -0.39 is 17.3 Å². The van der Waals surface area contributed by atoms with Crippen molar-refractivity contribution in [2.24, 2.45) is 0 Å². The Morgan fingerprint density at radius 1 is 1.00 bits per heavy atom. The molecule has 0 saturated carbocycles. The summed E-state index contributed by atoms with van der Waals surface area (Å²) in [5.41, 5.74) is 4.54. The van der Waals surface area contributed by atoms with Crippen molar-refractivity contribution in [1.29, 1.82) is 0 Å². The van der Waals surface area contributed by atoms with Crippen molar-refractivity contribution < 1.29 is 19.1 Å². The lowest BCUT2D eigenvalue weighted by Gasteiger charge is -2.42. The Bertz CT molecular complexity index is 970. The van der Waals surface area contributed by atoms with Gasteiger partial charge in [-0.05, 0) is 65.0 Å². The molecule has 0 aromatic heterocycles. The monoisotopic (exact) mass is 382 g/mol. The SMILES string of the molecule is Cc1cc2c(cc1CC(=O)c1ccc(C(=O)O)c(F)c1)C(C)(C)CCC2(C)C. The van der Waals surface area contributed by atoms with E-state index in [-0.39, 0.29) is 28.6 Å². The molecule has 0 radical (unpaired) electrons. The molecule has 0 heterocycles. The summed E-state index contributed by atoms with van der Waals surface area (Å²) in [4.78, 5) is 23.7. The number of benzene rings is 2. The normalized spacial score (nSPS) is 17.1. The highest BCUT2D eigenvalue weighted by molar-refractivity contribution is 5.99. The van der Waals surface area contributed by atoms with E-state index in [1.54, 1.807) is 0 Å². The van der Waals surface area contributed by atoms with E-state index in [0.29, 0.717) is 0 Å². The molecule has 3 rings (SSSR count). The maximum absolute atomic E-state index is 14.0. The van der Waals surface area contributed by atoms with Crippen LogP contribution < -0.4 is 0 Å². The van der Waals surface area contributed by atoms with Crippen LogP contribution in [0.3, 0.4) is 0 Å². The third kappa shape index (κ3) is 3.60. The lowest BCUT2D eigenvalue weighted by atomic mass is 9.62. The lowest BCUT2D eigenvalue weighted by molar-refractivity contribution is 0.0691. The zero-order valence-electron chi connectivity index (χ0n) is 17.1. The molecule has 28 heavy (non-hydrogen) atoms. The topological polar surface area (TPSA) is 54.4 Å². The van der Waals surface area contributed by atoms with Crippen LogP contribution in [0.1, 0.15) is 83.5 Å². The molecule has 148 valence electrons. The van der Waals surface area contributed by atoms with Crippen LogP contribution in [0.2, 0.25) is 0 Å². The number of hydrogen-bond acceptors (Lipinski definition) is 2. The van der Waals surface area contributed by atoms with Crippen molar-refractivity contribution in [3.8, 4) is 0 Å². The minimum atomic E-state index is -1.34. The van der Waals surface area contributed by atoms with Gasteiger partial charge in [-0.15, -0.1) is 0 Å². The summed E-state index contributed by atoms with van der Waals surface area (Å²) >= 11 is 0. The van der Waals surface area contributed by atoms with Crippen molar-refractivity contribution in [2.75, 3.05) is 0 Å². The fourth-order valence-corrected chi connectivity index (χ4v) is 4.09. The number of Topliss-reactive ketones (excluding diaryl/α,β-unsaturated/α-hetero) is 1. The van der Waals surface area contributed by atoms with Crippen molar-refractivity contribution in [3.05, 3.63) is 69.5 Å². The predicted octanol–water partition coefficient (Wildman–Crippen LogP) is 5.61. The quantitative estimate of drug-likeness (QED) is 0.700. The largest absolute Gasteiger partial charge is 0.478 e. The summed E-state index contributed by atoms with van der Waals surface area (Å²) < 4.78 is 14.0. The Kier molecular flexibility index (Phi) is 4.95. The van der Waals surface area contributed by atoms with Crippen LogP contribution >= 0.6 is 0 Å². The molecule has 0 bridgehead atoms. The van der Waals surface area contributed by atoms with E-state index in [1.165, 1.54) is 17.2 Å². The second-order valence-corrected chi connectivity index (χ2v) is 9.19. The third-order valence-corrected chi connectivity index (χ3v) is 6.18. The maximum Gasteiger partial charge on any atom is 0.338 e. The Hall–Kier alpha value is -2.49. The summed E-state index contributed by atoms with van der Waals surface area (Å²) in [7, 11) is 0. The van der Waals surface area contributed by atoms with Crippen LogP contribution in [-0.4, -0.2) is 16.9 Å². The molecule has 0 saturated heterocycles. The summed E-state index contributed by atoms with van der Waals surface area (Å²) in [6.45, 7) is 11.0. The minimum Gasteiger partial charge on any atom is -0.478 e. The third-order valence-electron chi connectivity index (χ3n) is 6.18. The van der Waals surface area contributed by atoms with Gasteiger partial charge >= 0.3 is 5.97 Å². The van der Waals surface area contributed by atoms with Crippen molar-refractivity contribution in [3.63, 3.8) is 0 Å². The van der Waals surface area contributed by atoms with Gasteiger partial charge in [-0.2, -0.15) is 0 Å². The van der Waals surface area contributed by atoms with Crippen molar-refractivity contribution >= 4 is 11.8 Å². The predicted molar refractivity (Wildman–Crippen MR) is 108 cm³/mol. The highest BCUT2D eigenvalue weighted by Gasteiger charge is 2.37. The van der Waals surface area contributed by atoms with Gasteiger partial charge in [0, 0.05) is 12.0 Å². The summed E-state index contributed by atoms with van der Waals surface area (Å²) in [5, 5.41) is 8.95. The number of carboxylic acids is 1. The van der Waals surface area contributed by atoms with Crippen LogP contribution in [-0.2, 0) is 17.3 Å². The molecule has 3 nitrogen and oxygen atoms in total. The average molecular weight is 382 g/mol. The van der Waals surface area contributed by atoms with Gasteiger partial charge < -0.3 is 5.11 Å². The summed E-state index contributed by atoms with van der Waals surface area (Å²) in [5.74, 6) is -2.44. The number of carbonyl (C=O) groups is 2. The fraction of sp³-hybridized carbons (Fsp3) is 0.417. The highest BCUT2D eigenvalue weighted by Crippen LogP contribution is 2.46. The molecule has 0 amide bonds.